The average Bonchev–Trinajstić information content (AvgIpc) is 2.69. The SMILES string of the molecule is Cc1ccccc1C(=O)Nc1cnc(N(C)CC2COCCO2)c(C(=O)O)c1. The molecule has 1 unspecified atom stereocenters. The van der Waals surface area contributed by atoms with E-state index in [2.05, 4.69) is 10.3 Å². The number of ether oxygens (including phenoxy) is 2. The van der Waals surface area contributed by atoms with E-state index in [0.717, 1.165) is 5.56 Å². The number of likely N-dealkylation sites (N-methyl/N-ethyl adjacent to an activating group) is 1. The van der Waals surface area contributed by atoms with E-state index in [1.165, 1.54) is 12.3 Å². The standard InChI is InChI=1S/C20H23N3O5/c1-13-5-3-4-6-16(13)19(24)22-14-9-17(20(25)26)18(21-10-14)23(2)11-15-12-27-7-8-28-15/h3-6,9-10,15H,7-8,11-12H2,1-2H3,(H,22,24)(H,25,26). The molecule has 0 saturated carbocycles. The van der Waals surface area contributed by atoms with Crippen LogP contribution in [0.5, 0.6) is 0 Å². The maximum Gasteiger partial charge on any atom is 0.339 e. The molecule has 1 aromatic carbocycles. The number of carboxylic acids is 1. The van der Waals surface area contributed by atoms with Gasteiger partial charge in [-0.2, -0.15) is 0 Å². The van der Waals surface area contributed by atoms with Gasteiger partial charge in [-0.1, -0.05) is 18.2 Å². The molecule has 1 saturated heterocycles. The minimum atomic E-state index is -1.12. The first-order chi connectivity index (χ1) is 13.5. The number of hydrogen-bond acceptors (Lipinski definition) is 6. The quantitative estimate of drug-likeness (QED) is 0.786. The minimum Gasteiger partial charge on any atom is -0.478 e. The molecule has 2 heterocycles. The van der Waals surface area contributed by atoms with Gasteiger partial charge in [0.2, 0.25) is 0 Å². The van der Waals surface area contributed by atoms with E-state index >= 15 is 0 Å². The molecule has 1 amide bonds. The Hall–Kier alpha value is -2.97. The van der Waals surface area contributed by atoms with Gasteiger partial charge in [-0.25, -0.2) is 9.78 Å². The summed E-state index contributed by atoms with van der Waals surface area (Å²) in [5.41, 5.74) is 1.68. The Kier molecular flexibility index (Phi) is 6.23. The zero-order valence-electron chi connectivity index (χ0n) is 15.8. The number of benzene rings is 1. The van der Waals surface area contributed by atoms with E-state index in [1.54, 1.807) is 24.1 Å². The summed E-state index contributed by atoms with van der Waals surface area (Å²) < 4.78 is 11.0. The van der Waals surface area contributed by atoms with Gasteiger partial charge in [0.05, 0.1) is 37.8 Å². The number of pyridine rings is 1. The Bertz CT molecular complexity index is 865. The summed E-state index contributed by atoms with van der Waals surface area (Å²) in [6.45, 7) is 3.82. The Morgan fingerprint density at radius 2 is 2.07 bits per heavy atom. The molecule has 1 atom stereocenters. The Labute approximate surface area is 163 Å². The number of carbonyl (C=O) groups excluding carboxylic acids is 1. The summed E-state index contributed by atoms with van der Waals surface area (Å²) in [6.07, 6.45) is 1.30. The Morgan fingerprint density at radius 1 is 1.29 bits per heavy atom. The van der Waals surface area contributed by atoms with Crippen LogP contribution in [-0.4, -0.2) is 61.5 Å². The molecule has 8 nitrogen and oxygen atoms in total. The molecule has 2 aromatic rings. The Morgan fingerprint density at radius 3 is 2.75 bits per heavy atom. The van der Waals surface area contributed by atoms with Crippen LogP contribution in [0.3, 0.4) is 0 Å². The fraction of sp³-hybridized carbons (Fsp3) is 0.350. The van der Waals surface area contributed by atoms with Crippen LogP contribution in [-0.2, 0) is 9.47 Å². The molecule has 3 rings (SSSR count). The van der Waals surface area contributed by atoms with Gasteiger partial charge in [0.1, 0.15) is 11.4 Å². The number of amides is 1. The van der Waals surface area contributed by atoms with E-state index in [9.17, 15) is 14.7 Å². The first-order valence-electron chi connectivity index (χ1n) is 8.96. The highest BCUT2D eigenvalue weighted by Gasteiger charge is 2.22. The van der Waals surface area contributed by atoms with Crippen molar-refractivity contribution in [3.8, 4) is 0 Å². The largest absolute Gasteiger partial charge is 0.478 e. The van der Waals surface area contributed by atoms with Crippen LogP contribution >= 0.6 is 0 Å². The van der Waals surface area contributed by atoms with Crippen molar-refractivity contribution in [2.24, 2.45) is 0 Å². The summed E-state index contributed by atoms with van der Waals surface area (Å²) in [5.74, 6) is -1.14. The molecule has 2 N–H and O–H groups in total. The topological polar surface area (TPSA) is 101 Å². The molecule has 148 valence electrons. The lowest BCUT2D eigenvalue weighted by atomic mass is 10.1. The number of nitrogens with one attached hydrogen (secondary N) is 1. The highest BCUT2D eigenvalue weighted by atomic mass is 16.6. The van der Waals surface area contributed by atoms with E-state index in [0.29, 0.717) is 43.4 Å². The lowest BCUT2D eigenvalue weighted by molar-refractivity contribution is -0.0837. The third-order valence-electron chi connectivity index (χ3n) is 4.47. The maximum atomic E-state index is 12.5. The summed E-state index contributed by atoms with van der Waals surface area (Å²) in [5, 5.41) is 12.3. The Balaban J connectivity index is 1.78. The van der Waals surface area contributed by atoms with Crippen LogP contribution in [0.4, 0.5) is 11.5 Å². The van der Waals surface area contributed by atoms with Crippen molar-refractivity contribution in [2.75, 3.05) is 43.6 Å². The third kappa shape index (κ3) is 4.65. The molecule has 1 aliphatic heterocycles. The lowest BCUT2D eigenvalue weighted by Gasteiger charge is -2.28. The number of anilines is 2. The van der Waals surface area contributed by atoms with Crippen molar-refractivity contribution in [3.63, 3.8) is 0 Å². The summed E-state index contributed by atoms with van der Waals surface area (Å²) in [4.78, 5) is 30.2. The van der Waals surface area contributed by atoms with Crippen LogP contribution in [0.25, 0.3) is 0 Å². The summed E-state index contributed by atoms with van der Waals surface area (Å²) in [7, 11) is 1.75. The van der Waals surface area contributed by atoms with Crippen molar-refractivity contribution in [1.29, 1.82) is 0 Å². The molecule has 1 aliphatic rings. The number of rotatable bonds is 6. The second-order valence-electron chi connectivity index (χ2n) is 6.62. The molecule has 0 radical (unpaired) electrons. The highest BCUT2D eigenvalue weighted by Crippen LogP contribution is 2.22. The van der Waals surface area contributed by atoms with Crippen molar-refractivity contribution in [2.45, 2.75) is 13.0 Å². The molecule has 0 aliphatic carbocycles. The molecular weight excluding hydrogens is 362 g/mol. The lowest BCUT2D eigenvalue weighted by Crippen LogP contribution is -2.39. The molecule has 8 heteroatoms. The predicted molar refractivity (Wildman–Crippen MR) is 104 cm³/mol. The highest BCUT2D eigenvalue weighted by molar-refractivity contribution is 6.06. The van der Waals surface area contributed by atoms with E-state index in [4.69, 9.17) is 9.47 Å². The number of aromatic carboxylic acids is 1. The fourth-order valence-corrected chi connectivity index (χ4v) is 3.05. The molecule has 1 aromatic heterocycles. The second-order valence-corrected chi connectivity index (χ2v) is 6.62. The monoisotopic (exact) mass is 385 g/mol. The third-order valence-corrected chi connectivity index (χ3v) is 4.47. The fourth-order valence-electron chi connectivity index (χ4n) is 3.05. The maximum absolute atomic E-state index is 12.5. The number of carbonyl (C=O) groups is 2. The number of carboxylic acid groups (broad SMARTS) is 1. The average molecular weight is 385 g/mol. The number of nitrogens with zero attached hydrogens (tertiary/aromatic N) is 2. The normalized spacial score (nSPS) is 16.4. The van der Waals surface area contributed by atoms with Crippen LogP contribution in [0, 0.1) is 6.92 Å². The second kappa shape index (κ2) is 8.81. The van der Waals surface area contributed by atoms with Crippen molar-refractivity contribution < 1.29 is 24.2 Å². The van der Waals surface area contributed by atoms with Gasteiger partial charge in [0, 0.05) is 19.2 Å². The van der Waals surface area contributed by atoms with Crippen LogP contribution in [0.2, 0.25) is 0 Å². The van der Waals surface area contributed by atoms with Crippen LogP contribution in [0.15, 0.2) is 36.5 Å². The summed E-state index contributed by atoms with van der Waals surface area (Å²) >= 11 is 0. The van der Waals surface area contributed by atoms with Crippen molar-refractivity contribution >= 4 is 23.4 Å². The minimum absolute atomic E-state index is 0.00168. The number of aryl methyl sites for hydroxylation is 1. The van der Waals surface area contributed by atoms with E-state index < -0.39 is 5.97 Å². The molecule has 0 spiro atoms. The molecule has 1 fully saturated rings. The molecular formula is C20H23N3O5. The first-order valence-corrected chi connectivity index (χ1v) is 8.96. The van der Waals surface area contributed by atoms with Gasteiger partial charge in [-0.15, -0.1) is 0 Å². The van der Waals surface area contributed by atoms with Gasteiger partial charge < -0.3 is 24.8 Å². The van der Waals surface area contributed by atoms with E-state index in [1.807, 2.05) is 19.1 Å². The summed E-state index contributed by atoms with van der Waals surface area (Å²) in [6, 6.07) is 8.59. The van der Waals surface area contributed by atoms with Gasteiger partial charge in [0.25, 0.3) is 5.91 Å². The van der Waals surface area contributed by atoms with Crippen LogP contribution in [0.1, 0.15) is 26.3 Å². The number of hydrogen-bond donors (Lipinski definition) is 2. The number of aromatic nitrogens is 1. The zero-order valence-corrected chi connectivity index (χ0v) is 15.8. The van der Waals surface area contributed by atoms with Gasteiger partial charge in [-0.3, -0.25) is 4.79 Å². The van der Waals surface area contributed by atoms with Gasteiger partial charge in [0.15, 0.2) is 0 Å². The van der Waals surface area contributed by atoms with Gasteiger partial charge >= 0.3 is 5.97 Å². The first kappa shape index (κ1) is 19.8. The van der Waals surface area contributed by atoms with Crippen LogP contribution < -0.4 is 10.2 Å². The smallest absolute Gasteiger partial charge is 0.339 e. The van der Waals surface area contributed by atoms with Crippen molar-refractivity contribution in [3.05, 3.63) is 53.2 Å². The zero-order chi connectivity index (χ0) is 20.1. The molecule has 0 bridgehead atoms. The van der Waals surface area contributed by atoms with Gasteiger partial charge in [-0.05, 0) is 24.6 Å². The molecule has 28 heavy (non-hydrogen) atoms. The van der Waals surface area contributed by atoms with E-state index in [-0.39, 0.29) is 17.6 Å². The van der Waals surface area contributed by atoms with Crippen molar-refractivity contribution in [1.82, 2.24) is 4.98 Å². The predicted octanol–water partition coefficient (Wildman–Crippen LogP) is 2.19.